The molecule has 1 amide bonds. The SMILES string of the molecule is Cc1ccc(C#CCCO)c(NC(=O)c2ccoc2C)c1. The molecule has 0 aliphatic carbocycles. The van der Waals surface area contributed by atoms with Crippen LogP contribution in [0, 0.1) is 25.7 Å². The molecule has 1 aromatic heterocycles. The molecule has 0 saturated carbocycles. The van der Waals surface area contributed by atoms with Crippen molar-refractivity contribution in [2.45, 2.75) is 20.3 Å². The maximum absolute atomic E-state index is 12.2. The molecule has 1 aromatic carbocycles. The summed E-state index contributed by atoms with van der Waals surface area (Å²) in [4.78, 5) is 12.2. The molecule has 0 atom stereocenters. The molecule has 0 bridgehead atoms. The number of hydrogen-bond donors (Lipinski definition) is 2. The largest absolute Gasteiger partial charge is 0.469 e. The fourth-order valence-electron chi connectivity index (χ4n) is 1.89. The van der Waals surface area contributed by atoms with Gasteiger partial charge in [0.25, 0.3) is 5.91 Å². The van der Waals surface area contributed by atoms with Gasteiger partial charge in [-0.3, -0.25) is 4.79 Å². The van der Waals surface area contributed by atoms with Crippen molar-refractivity contribution in [1.29, 1.82) is 0 Å². The van der Waals surface area contributed by atoms with E-state index in [0.29, 0.717) is 23.4 Å². The topological polar surface area (TPSA) is 62.5 Å². The van der Waals surface area contributed by atoms with Gasteiger partial charge in [-0.2, -0.15) is 0 Å². The molecule has 0 aliphatic rings. The summed E-state index contributed by atoms with van der Waals surface area (Å²) in [5, 5.41) is 11.6. The highest BCUT2D eigenvalue weighted by Crippen LogP contribution is 2.19. The van der Waals surface area contributed by atoms with E-state index < -0.39 is 0 Å². The van der Waals surface area contributed by atoms with E-state index in [1.54, 1.807) is 13.0 Å². The molecule has 0 aliphatic heterocycles. The van der Waals surface area contributed by atoms with E-state index >= 15 is 0 Å². The number of amides is 1. The fraction of sp³-hybridized carbons (Fsp3) is 0.235. The average molecular weight is 283 g/mol. The lowest BCUT2D eigenvalue weighted by Crippen LogP contribution is -2.13. The molecule has 2 rings (SSSR count). The zero-order chi connectivity index (χ0) is 15.2. The average Bonchev–Trinajstić information content (AvgIpc) is 2.88. The second-order valence-corrected chi connectivity index (χ2v) is 4.67. The summed E-state index contributed by atoms with van der Waals surface area (Å²) in [5.41, 5.74) is 2.92. The first-order chi connectivity index (χ1) is 10.1. The number of rotatable bonds is 3. The van der Waals surface area contributed by atoms with Crippen molar-refractivity contribution in [2.75, 3.05) is 11.9 Å². The Balaban J connectivity index is 2.27. The maximum atomic E-state index is 12.2. The van der Waals surface area contributed by atoms with Gasteiger partial charge < -0.3 is 14.8 Å². The minimum atomic E-state index is -0.225. The number of aryl methyl sites for hydroxylation is 2. The van der Waals surface area contributed by atoms with Crippen molar-refractivity contribution in [1.82, 2.24) is 0 Å². The lowest BCUT2D eigenvalue weighted by molar-refractivity contribution is 0.102. The quantitative estimate of drug-likeness (QED) is 0.851. The molecule has 0 radical (unpaired) electrons. The van der Waals surface area contributed by atoms with Gasteiger partial charge in [0.2, 0.25) is 0 Å². The van der Waals surface area contributed by atoms with Crippen LogP contribution >= 0.6 is 0 Å². The van der Waals surface area contributed by atoms with Gasteiger partial charge in [0.05, 0.1) is 24.1 Å². The van der Waals surface area contributed by atoms with Crippen molar-refractivity contribution < 1.29 is 14.3 Å². The van der Waals surface area contributed by atoms with Crippen LogP contribution in [-0.2, 0) is 0 Å². The summed E-state index contributed by atoms with van der Waals surface area (Å²) in [7, 11) is 0. The molecule has 0 unspecified atom stereocenters. The van der Waals surface area contributed by atoms with Gasteiger partial charge in [0.15, 0.2) is 0 Å². The fourth-order valence-corrected chi connectivity index (χ4v) is 1.89. The van der Waals surface area contributed by atoms with E-state index in [0.717, 1.165) is 11.1 Å². The lowest BCUT2D eigenvalue weighted by Gasteiger charge is -2.08. The van der Waals surface area contributed by atoms with E-state index in [2.05, 4.69) is 17.2 Å². The minimum absolute atomic E-state index is 0.0226. The number of nitrogens with one attached hydrogen (secondary N) is 1. The summed E-state index contributed by atoms with van der Waals surface area (Å²) in [6.45, 7) is 3.71. The van der Waals surface area contributed by atoms with Crippen LogP contribution in [0.15, 0.2) is 34.9 Å². The van der Waals surface area contributed by atoms with Gasteiger partial charge in [-0.1, -0.05) is 17.9 Å². The smallest absolute Gasteiger partial charge is 0.259 e. The first-order valence-corrected chi connectivity index (χ1v) is 6.67. The first-order valence-electron chi connectivity index (χ1n) is 6.67. The van der Waals surface area contributed by atoms with Crippen LogP contribution in [0.3, 0.4) is 0 Å². The van der Waals surface area contributed by atoms with Gasteiger partial charge >= 0.3 is 0 Å². The summed E-state index contributed by atoms with van der Waals surface area (Å²) < 4.78 is 5.14. The number of hydrogen-bond acceptors (Lipinski definition) is 3. The molecular weight excluding hydrogens is 266 g/mol. The highest BCUT2D eigenvalue weighted by molar-refractivity contribution is 6.05. The molecule has 0 spiro atoms. The summed E-state index contributed by atoms with van der Waals surface area (Å²) in [6, 6.07) is 7.30. The summed E-state index contributed by atoms with van der Waals surface area (Å²) >= 11 is 0. The van der Waals surface area contributed by atoms with Gasteiger partial charge in [-0.25, -0.2) is 0 Å². The molecular formula is C17H17NO3. The number of anilines is 1. The van der Waals surface area contributed by atoms with Crippen LogP contribution in [0.2, 0.25) is 0 Å². The second-order valence-electron chi connectivity index (χ2n) is 4.67. The number of aliphatic hydroxyl groups excluding tert-OH is 1. The van der Waals surface area contributed by atoms with E-state index in [4.69, 9.17) is 9.52 Å². The molecule has 0 fully saturated rings. The van der Waals surface area contributed by atoms with Crippen LogP contribution in [0.1, 0.15) is 33.7 Å². The second kappa shape index (κ2) is 6.78. The van der Waals surface area contributed by atoms with E-state index in [-0.39, 0.29) is 12.5 Å². The number of carbonyl (C=O) groups excluding carboxylic acids is 1. The Kier molecular flexibility index (Phi) is 4.81. The summed E-state index contributed by atoms with van der Waals surface area (Å²) in [5.74, 6) is 6.17. The molecule has 4 heteroatoms. The Labute approximate surface area is 123 Å². The van der Waals surface area contributed by atoms with E-state index in [9.17, 15) is 4.79 Å². The third-order valence-corrected chi connectivity index (χ3v) is 2.99. The van der Waals surface area contributed by atoms with Crippen LogP contribution in [0.4, 0.5) is 5.69 Å². The van der Waals surface area contributed by atoms with Crippen molar-refractivity contribution in [3.8, 4) is 11.8 Å². The van der Waals surface area contributed by atoms with Crippen LogP contribution < -0.4 is 5.32 Å². The number of aliphatic hydroxyl groups is 1. The Bertz CT molecular complexity index is 704. The number of benzene rings is 1. The lowest BCUT2D eigenvalue weighted by atomic mass is 10.1. The Hall–Kier alpha value is -2.51. The zero-order valence-electron chi connectivity index (χ0n) is 12.1. The molecule has 21 heavy (non-hydrogen) atoms. The molecule has 108 valence electrons. The Morgan fingerprint density at radius 1 is 1.33 bits per heavy atom. The number of carbonyl (C=O) groups is 1. The molecule has 2 aromatic rings. The van der Waals surface area contributed by atoms with Crippen molar-refractivity contribution in [2.24, 2.45) is 0 Å². The van der Waals surface area contributed by atoms with E-state index in [1.807, 2.05) is 25.1 Å². The predicted molar refractivity (Wildman–Crippen MR) is 81.2 cm³/mol. The Morgan fingerprint density at radius 2 is 2.14 bits per heavy atom. The van der Waals surface area contributed by atoms with Crippen molar-refractivity contribution >= 4 is 11.6 Å². The molecule has 1 heterocycles. The van der Waals surface area contributed by atoms with Gasteiger partial charge in [0.1, 0.15) is 5.76 Å². The standard InChI is InChI=1S/C17H17NO3/c1-12-6-7-14(5-3-4-9-19)16(11-12)18-17(20)15-8-10-21-13(15)2/h6-8,10-11,19H,4,9H2,1-2H3,(H,18,20). The highest BCUT2D eigenvalue weighted by atomic mass is 16.3. The molecule has 2 N–H and O–H groups in total. The zero-order valence-corrected chi connectivity index (χ0v) is 12.1. The summed E-state index contributed by atoms with van der Waals surface area (Å²) in [6.07, 6.45) is 1.89. The van der Waals surface area contributed by atoms with Gasteiger partial charge in [-0.15, -0.1) is 0 Å². The normalized spacial score (nSPS) is 9.86. The first kappa shape index (κ1) is 14.9. The van der Waals surface area contributed by atoms with Gasteiger partial charge in [0, 0.05) is 12.0 Å². The molecule has 0 saturated heterocycles. The highest BCUT2D eigenvalue weighted by Gasteiger charge is 2.13. The van der Waals surface area contributed by atoms with Crippen molar-refractivity contribution in [3.05, 3.63) is 53.0 Å². The van der Waals surface area contributed by atoms with Crippen LogP contribution in [-0.4, -0.2) is 17.6 Å². The van der Waals surface area contributed by atoms with Crippen LogP contribution in [0.5, 0.6) is 0 Å². The third kappa shape index (κ3) is 3.74. The Morgan fingerprint density at radius 3 is 2.81 bits per heavy atom. The maximum Gasteiger partial charge on any atom is 0.259 e. The van der Waals surface area contributed by atoms with E-state index in [1.165, 1.54) is 6.26 Å². The third-order valence-electron chi connectivity index (χ3n) is 2.99. The minimum Gasteiger partial charge on any atom is -0.469 e. The van der Waals surface area contributed by atoms with Crippen molar-refractivity contribution in [3.63, 3.8) is 0 Å². The monoisotopic (exact) mass is 283 g/mol. The van der Waals surface area contributed by atoms with Gasteiger partial charge in [-0.05, 0) is 37.6 Å². The molecule has 4 nitrogen and oxygen atoms in total. The van der Waals surface area contributed by atoms with Crippen LogP contribution in [0.25, 0.3) is 0 Å². The number of furan rings is 1. The predicted octanol–water partition coefficient (Wildman–Crippen LogP) is 2.88.